The van der Waals surface area contributed by atoms with Crippen LogP contribution in [0.1, 0.15) is 21.5 Å². The number of anilines is 1. The maximum Gasteiger partial charge on any atom is 0.335 e. The molecule has 3 N–H and O–H groups in total. The topological polar surface area (TPSA) is 144 Å². The van der Waals surface area contributed by atoms with Gasteiger partial charge >= 0.3 is 5.97 Å². The van der Waals surface area contributed by atoms with Crippen molar-refractivity contribution in [3.63, 3.8) is 0 Å². The van der Waals surface area contributed by atoms with E-state index in [0.29, 0.717) is 34.5 Å². The second kappa shape index (κ2) is 14.8. The maximum absolute atomic E-state index is 13.4. The van der Waals surface area contributed by atoms with Crippen molar-refractivity contribution in [1.82, 2.24) is 24.8 Å². The summed E-state index contributed by atoms with van der Waals surface area (Å²) in [4.78, 5) is 41.7. The molecule has 2 fully saturated rings. The average molecular weight is 669 g/mol. The monoisotopic (exact) mass is 668 g/mol. The van der Waals surface area contributed by atoms with Crippen LogP contribution in [0.15, 0.2) is 78.2 Å². The number of carbonyl (C=O) groups is 2. The SMILES string of the molecule is Nc1ncc(-c2cncc(-c3cc(C=C4SC(=S)N(CCc5ccc(C(=O)O)cc5)C4=O)ccc3OCCN3CCOCC3)c2)cn1. The van der Waals surface area contributed by atoms with Gasteiger partial charge in [0.1, 0.15) is 16.7 Å². The third kappa shape index (κ3) is 8.00. The van der Waals surface area contributed by atoms with Gasteiger partial charge in [-0.05, 0) is 54.0 Å². The van der Waals surface area contributed by atoms with Crippen LogP contribution in [0.25, 0.3) is 28.3 Å². The Morgan fingerprint density at radius 2 is 1.74 bits per heavy atom. The number of aromatic nitrogens is 3. The molecular weight excluding hydrogens is 637 g/mol. The zero-order chi connectivity index (χ0) is 32.8. The van der Waals surface area contributed by atoms with Crippen LogP contribution < -0.4 is 10.5 Å². The molecule has 1 amide bonds. The third-order valence-corrected chi connectivity index (χ3v) is 9.20. The van der Waals surface area contributed by atoms with Crippen molar-refractivity contribution in [2.75, 3.05) is 51.7 Å². The van der Waals surface area contributed by atoms with Gasteiger partial charge in [-0.3, -0.25) is 19.6 Å². The molecule has 47 heavy (non-hydrogen) atoms. The number of pyridine rings is 1. The van der Waals surface area contributed by atoms with Crippen molar-refractivity contribution < 1.29 is 24.2 Å². The normalized spacial score (nSPS) is 16.2. The summed E-state index contributed by atoms with van der Waals surface area (Å²) in [5, 5.41) is 9.15. The van der Waals surface area contributed by atoms with Crippen molar-refractivity contribution in [3.05, 3.63) is 94.9 Å². The lowest BCUT2D eigenvalue weighted by molar-refractivity contribution is -0.122. The van der Waals surface area contributed by atoms with E-state index >= 15 is 0 Å². The van der Waals surface area contributed by atoms with Crippen LogP contribution in [-0.2, 0) is 16.0 Å². The standard InChI is InChI=1S/C34H32N6O5S2/c35-33-37-20-27(21-38-33)25-17-26(19-36-18-25)28-15-23(3-6-29(28)45-14-11-39-9-12-44-13-10-39)16-30-31(41)40(34(46)47-30)8-7-22-1-4-24(5-2-22)32(42)43/h1-6,15-21H,7-14H2,(H,42,43)(H2,35,37,38). The fourth-order valence-corrected chi connectivity index (χ4v) is 6.54. The molecule has 0 aliphatic carbocycles. The number of ether oxygens (including phenoxy) is 2. The average Bonchev–Trinajstić information content (AvgIpc) is 3.36. The molecule has 4 heterocycles. The number of hydrogen-bond acceptors (Lipinski definition) is 11. The summed E-state index contributed by atoms with van der Waals surface area (Å²) in [5.41, 5.74) is 10.9. The third-order valence-electron chi connectivity index (χ3n) is 7.82. The summed E-state index contributed by atoms with van der Waals surface area (Å²) in [6.45, 7) is 4.86. The van der Waals surface area contributed by atoms with Crippen LogP contribution in [0.5, 0.6) is 5.75 Å². The van der Waals surface area contributed by atoms with Crippen molar-refractivity contribution in [1.29, 1.82) is 0 Å². The molecule has 2 aliphatic rings. The number of benzene rings is 2. The molecule has 0 radical (unpaired) electrons. The van der Waals surface area contributed by atoms with E-state index in [1.165, 1.54) is 11.8 Å². The van der Waals surface area contributed by atoms with E-state index in [2.05, 4.69) is 19.9 Å². The van der Waals surface area contributed by atoms with Gasteiger partial charge in [0, 0.05) is 73.2 Å². The number of carbonyl (C=O) groups excluding carboxylic acids is 1. The minimum Gasteiger partial charge on any atom is -0.492 e. The summed E-state index contributed by atoms with van der Waals surface area (Å²) in [6, 6.07) is 14.5. The van der Waals surface area contributed by atoms with E-state index in [9.17, 15) is 9.59 Å². The van der Waals surface area contributed by atoms with Crippen molar-refractivity contribution >= 4 is 52.2 Å². The van der Waals surface area contributed by atoms with Crippen LogP contribution in [0.3, 0.4) is 0 Å². The van der Waals surface area contributed by atoms with Gasteiger partial charge in [-0.15, -0.1) is 0 Å². The molecule has 240 valence electrons. The zero-order valence-electron chi connectivity index (χ0n) is 25.4. The highest BCUT2D eigenvalue weighted by Gasteiger charge is 2.31. The molecule has 2 aromatic carbocycles. The Morgan fingerprint density at radius 1 is 1.00 bits per heavy atom. The molecule has 6 rings (SSSR count). The molecule has 11 nitrogen and oxygen atoms in total. The highest BCUT2D eigenvalue weighted by atomic mass is 32.2. The Kier molecular flexibility index (Phi) is 10.2. The van der Waals surface area contributed by atoms with E-state index < -0.39 is 5.97 Å². The molecule has 0 saturated carbocycles. The smallest absolute Gasteiger partial charge is 0.335 e. The maximum atomic E-state index is 13.4. The molecule has 0 atom stereocenters. The molecule has 13 heteroatoms. The molecule has 4 aromatic rings. The minimum atomic E-state index is -0.977. The second-order valence-electron chi connectivity index (χ2n) is 10.9. The number of aromatic carboxylic acids is 1. The van der Waals surface area contributed by atoms with Crippen LogP contribution in [0, 0.1) is 0 Å². The number of thioether (sulfide) groups is 1. The van der Waals surface area contributed by atoms with Crippen LogP contribution >= 0.6 is 24.0 Å². The number of carboxylic acids is 1. The second-order valence-corrected chi connectivity index (χ2v) is 12.6. The number of morpholine rings is 1. The first-order valence-corrected chi connectivity index (χ1v) is 16.2. The first-order valence-electron chi connectivity index (χ1n) is 15.0. The lowest BCUT2D eigenvalue weighted by Crippen LogP contribution is -2.38. The molecule has 0 unspecified atom stereocenters. The Hall–Kier alpha value is -4.69. The van der Waals surface area contributed by atoms with Crippen molar-refractivity contribution in [3.8, 4) is 28.0 Å². The van der Waals surface area contributed by atoms with Gasteiger partial charge in [0.2, 0.25) is 5.95 Å². The predicted octanol–water partition coefficient (Wildman–Crippen LogP) is 4.64. The number of carboxylic acid groups (broad SMARTS) is 1. The van der Waals surface area contributed by atoms with Crippen molar-refractivity contribution in [2.45, 2.75) is 6.42 Å². The Balaban J connectivity index is 1.23. The number of rotatable bonds is 11. The molecule has 2 aliphatic heterocycles. The summed E-state index contributed by atoms with van der Waals surface area (Å²) in [5.74, 6) is -0.248. The highest BCUT2D eigenvalue weighted by Crippen LogP contribution is 2.36. The number of nitrogen functional groups attached to an aromatic ring is 1. The lowest BCUT2D eigenvalue weighted by Gasteiger charge is -2.26. The fraction of sp³-hybridized carbons (Fsp3) is 0.235. The van der Waals surface area contributed by atoms with Gasteiger partial charge in [0.25, 0.3) is 5.91 Å². The lowest BCUT2D eigenvalue weighted by atomic mass is 10.0. The van der Waals surface area contributed by atoms with E-state index in [1.807, 2.05) is 30.3 Å². The highest BCUT2D eigenvalue weighted by molar-refractivity contribution is 8.26. The Bertz CT molecular complexity index is 1810. The van der Waals surface area contributed by atoms with Gasteiger partial charge in [-0.2, -0.15) is 0 Å². The van der Waals surface area contributed by atoms with Gasteiger partial charge in [0.05, 0.1) is 23.7 Å². The first-order chi connectivity index (χ1) is 22.8. The van der Waals surface area contributed by atoms with E-state index in [4.69, 9.17) is 32.5 Å². The molecular formula is C34H32N6O5S2. The summed E-state index contributed by atoms with van der Waals surface area (Å²) in [7, 11) is 0. The molecule has 0 spiro atoms. The Morgan fingerprint density at radius 3 is 2.49 bits per heavy atom. The number of hydrogen-bond donors (Lipinski definition) is 2. The zero-order valence-corrected chi connectivity index (χ0v) is 27.0. The largest absolute Gasteiger partial charge is 0.492 e. The van der Waals surface area contributed by atoms with Crippen molar-refractivity contribution in [2.24, 2.45) is 0 Å². The summed E-state index contributed by atoms with van der Waals surface area (Å²) >= 11 is 6.83. The first kappa shape index (κ1) is 32.3. The number of nitrogens with zero attached hydrogens (tertiary/aromatic N) is 5. The van der Waals surface area contributed by atoms with Gasteiger partial charge in [-0.25, -0.2) is 14.8 Å². The van der Waals surface area contributed by atoms with Gasteiger partial charge in [0.15, 0.2) is 0 Å². The summed E-state index contributed by atoms with van der Waals surface area (Å²) in [6.07, 6.45) is 9.22. The molecule has 2 saturated heterocycles. The van der Waals surface area contributed by atoms with Crippen LogP contribution in [-0.4, -0.2) is 92.1 Å². The van der Waals surface area contributed by atoms with Crippen LogP contribution in [0.2, 0.25) is 0 Å². The summed E-state index contributed by atoms with van der Waals surface area (Å²) < 4.78 is 12.3. The number of thiocarbonyl (C=S) groups is 1. The van der Waals surface area contributed by atoms with Crippen LogP contribution in [0.4, 0.5) is 5.95 Å². The molecule has 0 bridgehead atoms. The Labute approximate surface area is 281 Å². The van der Waals surface area contributed by atoms with E-state index in [1.54, 1.807) is 54.0 Å². The molecule has 2 aromatic heterocycles. The predicted molar refractivity (Wildman–Crippen MR) is 185 cm³/mol. The quantitative estimate of drug-likeness (QED) is 0.170. The van der Waals surface area contributed by atoms with E-state index in [-0.39, 0.29) is 17.4 Å². The van der Waals surface area contributed by atoms with Gasteiger partial charge in [-0.1, -0.05) is 42.2 Å². The minimum absolute atomic E-state index is 0.165. The number of amides is 1. The van der Waals surface area contributed by atoms with Gasteiger partial charge < -0.3 is 20.3 Å². The number of nitrogens with two attached hydrogens (primary N) is 1. The van der Waals surface area contributed by atoms with E-state index in [0.717, 1.165) is 66.2 Å². The fourth-order valence-electron chi connectivity index (χ4n) is 5.23.